The molecule has 1 amide bonds. The molecule has 33 heavy (non-hydrogen) atoms. The van der Waals surface area contributed by atoms with E-state index in [1.165, 1.54) is 18.2 Å². The molecule has 0 aromatic heterocycles. The van der Waals surface area contributed by atoms with Crippen molar-refractivity contribution in [2.45, 2.75) is 19.5 Å². The van der Waals surface area contributed by atoms with Crippen LogP contribution in [-0.4, -0.2) is 35.3 Å². The number of fused-ring (bicyclic) bond motifs is 1. The van der Waals surface area contributed by atoms with Gasteiger partial charge in [0.25, 0.3) is 5.91 Å². The van der Waals surface area contributed by atoms with E-state index in [9.17, 15) is 14.7 Å². The Morgan fingerprint density at radius 3 is 2.58 bits per heavy atom. The number of carboxylic acid groups (broad SMARTS) is 1. The molecule has 0 spiro atoms. The number of amides is 1. The first-order valence-electron chi connectivity index (χ1n) is 10.3. The highest BCUT2D eigenvalue weighted by molar-refractivity contribution is 6.32. The number of halogens is 1. The first-order chi connectivity index (χ1) is 15.9. The number of ether oxygens (including phenoxy) is 3. The Morgan fingerprint density at radius 1 is 1.06 bits per heavy atom. The van der Waals surface area contributed by atoms with Gasteiger partial charge in [-0.2, -0.15) is 0 Å². The first kappa shape index (κ1) is 22.5. The summed E-state index contributed by atoms with van der Waals surface area (Å²) in [6.07, 6.45) is 0. The minimum Gasteiger partial charge on any atom is -0.481 e. The zero-order chi connectivity index (χ0) is 23.4. The molecule has 1 aliphatic heterocycles. The van der Waals surface area contributed by atoms with Crippen LogP contribution >= 0.6 is 11.6 Å². The van der Waals surface area contributed by atoms with E-state index in [1.807, 2.05) is 55.5 Å². The summed E-state index contributed by atoms with van der Waals surface area (Å²) in [4.78, 5) is 26.5. The van der Waals surface area contributed by atoms with Crippen molar-refractivity contribution >= 4 is 23.5 Å². The molecule has 1 heterocycles. The van der Waals surface area contributed by atoms with Crippen molar-refractivity contribution in [3.8, 4) is 17.2 Å². The van der Waals surface area contributed by atoms with Crippen molar-refractivity contribution < 1.29 is 28.9 Å². The van der Waals surface area contributed by atoms with Gasteiger partial charge in [0.1, 0.15) is 5.56 Å². The van der Waals surface area contributed by atoms with Crippen molar-refractivity contribution in [2.24, 2.45) is 0 Å². The normalized spacial score (nSPS) is 12.8. The molecule has 0 bridgehead atoms. The van der Waals surface area contributed by atoms with Crippen molar-refractivity contribution in [3.05, 3.63) is 88.4 Å². The summed E-state index contributed by atoms with van der Waals surface area (Å²) in [6, 6.07) is 19.3. The number of benzene rings is 3. The van der Waals surface area contributed by atoms with Gasteiger partial charge in [0.05, 0.1) is 11.1 Å². The maximum absolute atomic E-state index is 13.3. The average Bonchev–Trinajstić information content (AvgIpc) is 3.29. The van der Waals surface area contributed by atoms with Crippen LogP contribution in [0, 0.1) is 0 Å². The molecule has 1 aliphatic rings. The molecule has 0 aliphatic carbocycles. The van der Waals surface area contributed by atoms with Crippen LogP contribution in [0.1, 0.15) is 34.5 Å². The molecule has 0 radical (unpaired) electrons. The Bertz CT molecular complexity index is 1170. The summed E-state index contributed by atoms with van der Waals surface area (Å²) >= 11 is 6.14. The van der Waals surface area contributed by atoms with Gasteiger partial charge in [-0.25, -0.2) is 4.79 Å². The molecule has 4 rings (SSSR count). The van der Waals surface area contributed by atoms with Gasteiger partial charge in [0, 0.05) is 6.54 Å². The number of nitrogens with zero attached hydrogens (tertiary/aromatic N) is 1. The predicted molar refractivity (Wildman–Crippen MR) is 122 cm³/mol. The number of carbonyl (C=O) groups is 2. The van der Waals surface area contributed by atoms with Crippen molar-refractivity contribution in [1.82, 2.24) is 4.90 Å². The molecule has 0 saturated carbocycles. The lowest BCUT2D eigenvalue weighted by molar-refractivity contribution is -0.136. The highest BCUT2D eigenvalue weighted by Gasteiger charge is 2.25. The largest absolute Gasteiger partial charge is 0.481 e. The number of carboxylic acids is 1. The van der Waals surface area contributed by atoms with E-state index in [-0.39, 0.29) is 41.7 Å². The van der Waals surface area contributed by atoms with Crippen molar-refractivity contribution in [3.63, 3.8) is 0 Å². The minimum atomic E-state index is -1.19. The maximum Gasteiger partial charge on any atom is 0.339 e. The molecule has 3 aromatic carbocycles. The van der Waals surface area contributed by atoms with Gasteiger partial charge < -0.3 is 24.2 Å². The Kier molecular flexibility index (Phi) is 6.70. The lowest BCUT2D eigenvalue weighted by Gasteiger charge is -2.30. The standard InChI is InChI=1S/C25H22ClNO6/c1-16(18-6-3-2-4-7-18)27(13-17-10-11-21-22(12-17)33-15-32-21)23(28)14-31-24-19(25(29)30)8-5-9-20(24)26/h2-12,16H,13-15H2,1H3,(H,29,30)/t16-/m0/s1. The van der Waals surface area contributed by atoms with E-state index >= 15 is 0 Å². The van der Waals surface area contributed by atoms with Crippen molar-refractivity contribution in [2.75, 3.05) is 13.4 Å². The molecule has 8 heteroatoms. The van der Waals surface area contributed by atoms with Gasteiger partial charge in [0.15, 0.2) is 23.9 Å². The molecule has 1 atom stereocenters. The summed E-state index contributed by atoms with van der Waals surface area (Å²) in [5.74, 6) is -0.243. The second-order valence-electron chi connectivity index (χ2n) is 7.51. The zero-order valence-electron chi connectivity index (χ0n) is 17.9. The van der Waals surface area contributed by atoms with Gasteiger partial charge in [-0.1, -0.05) is 54.1 Å². The van der Waals surface area contributed by atoms with E-state index in [1.54, 1.807) is 4.90 Å². The van der Waals surface area contributed by atoms with E-state index in [0.29, 0.717) is 18.0 Å². The van der Waals surface area contributed by atoms with Crippen LogP contribution in [0.3, 0.4) is 0 Å². The fourth-order valence-corrected chi connectivity index (χ4v) is 3.86. The Morgan fingerprint density at radius 2 is 1.82 bits per heavy atom. The second-order valence-corrected chi connectivity index (χ2v) is 7.91. The highest BCUT2D eigenvalue weighted by Crippen LogP contribution is 2.34. The molecular weight excluding hydrogens is 446 g/mol. The minimum absolute atomic E-state index is 0.0320. The highest BCUT2D eigenvalue weighted by atomic mass is 35.5. The van der Waals surface area contributed by atoms with Crippen LogP contribution in [0.4, 0.5) is 0 Å². The van der Waals surface area contributed by atoms with E-state index < -0.39 is 5.97 Å². The predicted octanol–water partition coefficient (Wildman–Crippen LogP) is 4.94. The summed E-state index contributed by atoms with van der Waals surface area (Å²) in [5.41, 5.74) is 1.71. The third-order valence-electron chi connectivity index (χ3n) is 5.40. The third kappa shape index (κ3) is 5.04. The third-order valence-corrected chi connectivity index (χ3v) is 5.69. The average molecular weight is 468 g/mol. The molecule has 1 N–H and O–H groups in total. The lowest BCUT2D eigenvalue weighted by atomic mass is 10.1. The van der Waals surface area contributed by atoms with Crippen LogP contribution < -0.4 is 14.2 Å². The quantitative estimate of drug-likeness (QED) is 0.505. The second kappa shape index (κ2) is 9.83. The Labute approximate surface area is 196 Å². The number of carbonyl (C=O) groups excluding carboxylic acids is 1. The summed E-state index contributed by atoms with van der Waals surface area (Å²) < 4.78 is 16.4. The Hall–Kier alpha value is -3.71. The fraction of sp³-hybridized carbons (Fsp3) is 0.200. The molecule has 3 aromatic rings. The van der Waals surface area contributed by atoms with E-state index in [0.717, 1.165) is 11.1 Å². The summed E-state index contributed by atoms with van der Waals surface area (Å²) in [6.45, 7) is 2.02. The van der Waals surface area contributed by atoms with Crippen LogP contribution in [0.15, 0.2) is 66.7 Å². The van der Waals surface area contributed by atoms with Gasteiger partial charge in [-0.15, -0.1) is 0 Å². The number of hydrogen-bond donors (Lipinski definition) is 1. The van der Waals surface area contributed by atoms with E-state index in [4.69, 9.17) is 25.8 Å². The molecule has 170 valence electrons. The van der Waals surface area contributed by atoms with Crippen LogP contribution in [0.5, 0.6) is 17.2 Å². The van der Waals surface area contributed by atoms with Gasteiger partial charge in [-0.05, 0) is 42.3 Å². The topological polar surface area (TPSA) is 85.3 Å². The summed E-state index contributed by atoms with van der Waals surface area (Å²) in [7, 11) is 0. The van der Waals surface area contributed by atoms with Crippen molar-refractivity contribution in [1.29, 1.82) is 0 Å². The zero-order valence-corrected chi connectivity index (χ0v) is 18.6. The fourth-order valence-electron chi connectivity index (χ4n) is 3.63. The summed E-state index contributed by atoms with van der Waals surface area (Å²) in [5, 5.41) is 9.54. The molecule has 0 fully saturated rings. The molecule has 7 nitrogen and oxygen atoms in total. The number of para-hydroxylation sites is 1. The maximum atomic E-state index is 13.3. The number of aromatic carboxylic acids is 1. The first-order valence-corrected chi connectivity index (χ1v) is 10.7. The Balaban J connectivity index is 1.58. The number of hydrogen-bond acceptors (Lipinski definition) is 5. The number of rotatable bonds is 8. The van der Waals surface area contributed by atoms with Crippen LogP contribution in [0.2, 0.25) is 5.02 Å². The smallest absolute Gasteiger partial charge is 0.339 e. The molecule has 0 saturated heterocycles. The van der Waals surface area contributed by atoms with Gasteiger partial charge in [0.2, 0.25) is 6.79 Å². The SMILES string of the molecule is C[C@@H](c1ccccc1)N(Cc1ccc2c(c1)OCO2)C(=O)COc1c(Cl)cccc1C(=O)O. The van der Waals surface area contributed by atoms with Gasteiger partial charge >= 0.3 is 5.97 Å². The van der Waals surface area contributed by atoms with E-state index in [2.05, 4.69) is 0 Å². The monoisotopic (exact) mass is 467 g/mol. The molecule has 0 unspecified atom stereocenters. The van der Waals surface area contributed by atoms with Gasteiger partial charge in [-0.3, -0.25) is 4.79 Å². The molecular formula is C25H22ClNO6. The van der Waals surface area contributed by atoms with Crippen LogP contribution in [-0.2, 0) is 11.3 Å². The lowest BCUT2D eigenvalue weighted by Crippen LogP contribution is -2.36. The van der Waals surface area contributed by atoms with Crippen LogP contribution in [0.25, 0.3) is 0 Å².